The monoisotopic (exact) mass is 220 g/mol. The lowest BCUT2D eigenvalue weighted by Gasteiger charge is -2.17. The minimum atomic E-state index is -0.377. The molecule has 0 heterocycles. The molecule has 0 aliphatic rings. The number of benzene rings is 1. The molecule has 0 fully saturated rings. The van der Waals surface area contributed by atoms with E-state index in [0.717, 1.165) is 6.42 Å². The maximum atomic E-state index is 13.1. The molecular formula is C13H17FN2. The summed E-state index contributed by atoms with van der Waals surface area (Å²) in [6.07, 6.45) is 1.01. The van der Waals surface area contributed by atoms with Crippen LogP contribution in [0.3, 0.4) is 0 Å². The van der Waals surface area contributed by atoms with E-state index in [1.807, 2.05) is 6.07 Å². The molecule has 16 heavy (non-hydrogen) atoms. The van der Waals surface area contributed by atoms with E-state index >= 15 is 0 Å². The fraction of sp³-hybridized carbons (Fsp3) is 0.462. The van der Waals surface area contributed by atoms with Crippen molar-refractivity contribution in [2.24, 2.45) is 5.92 Å². The molecule has 0 aliphatic heterocycles. The van der Waals surface area contributed by atoms with Crippen LogP contribution in [0.2, 0.25) is 0 Å². The standard InChI is InChI=1S/C13H17FN2/c1-9(2)4-10(3)16-13-6-11(8-15)5-12(14)7-13/h5-7,9-10,16H,4H2,1-3H3. The van der Waals surface area contributed by atoms with E-state index in [0.29, 0.717) is 17.2 Å². The number of hydrogen-bond donors (Lipinski definition) is 1. The lowest BCUT2D eigenvalue weighted by molar-refractivity contribution is 0.539. The Kier molecular flexibility index (Phi) is 4.30. The van der Waals surface area contributed by atoms with Crippen molar-refractivity contribution < 1.29 is 4.39 Å². The molecule has 1 atom stereocenters. The molecule has 0 radical (unpaired) electrons. The SMILES string of the molecule is CC(C)CC(C)Nc1cc(F)cc(C#N)c1. The molecule has 0 bridgehead atoms. The lowest BCUT2D eigenvalue weighted by atomic mass is 10.0. The van der Waals surface area contributed by atoms with Crippen LogP contribution < -0.4 is 5.32 Å². The predicted octanol–water partition coefficient (Wildman–Crippen LogP) is 3.54. The van der Waals surface area contributed by atoms with Gasteiger partial charge in [0.15, 0.2) is 0 Å². The van der Waals surface area contributed by atoms with Gasteiger partial charge >= 0.3 is 0 Å². The van der Waals surface area contributed by atoms with Crippen LogP contribution in [0.15, 0.2) is 18.2 Å². The quantitative estimate of drug-likeness (QED) is 0.842. The van der Waals surface area contributed by atoms with Crippen molar-refractivity contribution in [3.63, 3.8) is 0 Å². The number of hydrogen-bond acceptors (Lipinski definition) is 2. The Morgan fingerprint density at radius 3 is 2.56 bits per heavy atom. The van der Waals surface area contributed by atoms with E-state index in [2.05, 4.69) is 26.1 Å². The maximum absolute atomic E-state index is 13.1. The van der Waals surface area contributed by atoms with Crippen molar-refractivity contribution in [1.29, 1.82) is 5.26 Å². The molecule has 3 heteroatoms. The van der Waals surface area contributed by atoms with Crippen LogP contribution in [-0.2, 0) is 0 Å². The summed E-state index contributed by atoms with van der Waals surface area (Å²) in [5.74, 6) is 0.213. The van der Waals surface area contributed by atoms with Gasteiger partial charge in [-0.05, 0) is 37.5 Å². The minimum absolute atomic E-state index is 0.272. The van der Waals surface area contributed by atoms with Crippen molar-refractivity contribution in [2.75, 3.05) is 5.32 Å². The first-order valence-corrected chi connectivity index (χ1v) is 5.48. The van der Waals surface area contributed by atoms with E-state index in [1.54, 1.807) is 6.07 Å². The average molecular weight is 220 g/mol. The summed E-state index contributed by atoms with van der Waals surface area (Å²) in [5.41, 5.74) is 1.02. The third-order valence-corrected chi connectivity index (χ3v) is 2.26. The van der Waals surface area contributed by atoms with Gasteiger partial charge in [-0.25, -0.2) is 4.39 Å². The second kappa shape index (κ2) is 5.50. The third kappa shape index (κ3) is 3.90. The molecular weight excluding hydrogens is 203 g/mol. The van der Waals surface area contributed by atoms with Crippen molar-refractivity contribution in [2.45, 2.75) is 33.2 Å². The number of nitriles is 1. The first-order chi connectivity index (χ1) is 7.51. The largest absolute Gasteiger partial charge is 0.382 e. The summed E-state index contributed by atoms with van der Waals surface area (Å²) >= 11 is 0. The molecule has 1 N–H and O–H groups in total. The van der Waals surface area contributed by atoms with E-state index in [9.17, 15) is 4.39 Å². The highest BCUT2D eigenvalue weighted by Gasteiger charge is 2.06. The van der Waals surface area contributed by atoms with Crippen LogP contribution in [0, 0.1) is 23.1 Å². The summed E-state index contributed by atoms with van der Waals surface area (Å²) in [6.45, 7) is 6.34. The van der Waals surface area contributed by atoms with Gasteiger partial charge < -0.3 is 5.32 Å². The summed E-state index contributed by atoms with van der Waals surface area (Å²) in [7, 11) is 0. The van der Waals surface area contributed by atoms with Crippen LogP contribution in [0.1, 0.15) is 32.8 Å². The van der Waals surface area contributed by atoms with Gasteiger partial charge in [0, 0.05) is 11.7 Å². The Balaban J connectivity index is 2.74. The van der Waals surface area contributed by atoms with Crippen LogP contribution in [0.5, 0.6) is 0 Å². The Bertz CT molecular complexity index is 393. The molecule has 1 rings (SSSR count). The third-order valence-electron chi connectivity index (χ3n) is 2.26. The zero-order chi connectivity index (χ0) is 12.1. The van der Waals surface area contributed by atoms with Crippen LogP contribution >= 0.6 is 0 Å². The maximum Gasteiger partial charge on any atom is 0.126 e. The first-order valence-electron chi connectivity index (χ1n) is 5.48. The van der Waals surface area contributed by atoms with Gasteiger partial charge in [0.25, 0.3) is 0 Å². The number of nitrogens with one attached hydrogen (secondary N) is 1. The van der Waals surface area contributed by atoms with Gasteiger partial charge in [-0.3, -0.25) is 0 Å². The van der Waals surface area contributed by atoms with Gasteiger partial charge in [-0.2, -0.15) is 5.26 Å². The lowest BCUT2D eigenvalue weighted by Crippen LogP contribution is -2.17. The Morgan fingerprint density at radius 1 is 1.31 bits per heavy atom. The van der Waals surface area contributed by atoms with Crippen molar-refractivity contribution >= 4 is 5.69 Å². The van der Waals surface area contributed by atoms with E-state index in [1.165, 1.54) is 12.1 Å². The van der Waals surface area contributed by atoms with Crippen LogP contribution in [0.4, 0.5) is 10.1 Å². The first kappa shape index (κ1) is 12.5. The molecule has 0 amide bonds. The normalized spacial score (nSPS) is 12.2. The number of nitrogens with zero attached hydrogens (tertiary/aromatic N) is 1. The summed E-state index contributed by atoms with van der Waals surface area (Å²) < 4.78 is 13.1. The molecule has 1 unspecified atom stereocenters. The molecule has 0 aliphatic carbocycles. The second-order valence-electron chi connectivity index (χ2n) is 4.52. The predicted molar refractivity (Wildman–Crippen MR) is 63.7 cm³/mol. The van der Waals surface area contributed by atoms with Gasteiger partial charge in [0.1, 0.15) is 5.82 Å². The van der Waals surface area contributed by atoms with Gasteiger partial charge in [-0.1, -0.05) is 13.8 Å². The van der Waals surface area contributed by atoms with Crippen LogP contribution in [0.25, 0.3) is 0 Å². The van der Waals surface area contributed by atoms with E-state index in [-0.39, 0.29) is 11.9 Å². The topological polar surface area (TPSA) is 35.8 Å². The Morgan fingerprint density at radius 2 is 2.00 bits per heavy atom. The fourth-order valence-corrected chi connectivity index (χ4v) is 1.79. The van der Waals surface area contributed by atoms with Crippen molar-refractivity contribution in [3.05, 3.63) is 29.6 Å². The molecule has 86 valence electrons. The zero-order valence-corrected chi connectivity index (χ0v) is 9.92. The van der Waals surface area contributed by atoms with E-state index in [4.69, 9.17) is 5.26 Å². The number of halogens is 1. The Hall–Kier alpha value is -1.56. The van der Waals surface area contributed by atoms with Gasteiger partial charge in [0.2, 0.25) is 0 Å². The smallest absolute Gasteiger partial charge is 0.126 e. The molecule has 0 spiro atoms. The number of anilines is 1. The van der Waals surface area contributed by atoms with Crippen LogP contribution in [-0.4, -0.2) is 6.04 Å². The van der Waals surface area contributed by atoms with E-state index < -0.39 is 0 Å². The van der Waals surface area contributed by atoms with Crippen molar-refractivity contribution in [3.8, 4) is 6.07 Å². The summed E-state index contributed by atoms with van der Waals surface area (Å²) in [4.78, 5) is 0. The average Bonchev–Trinajstić information content (AvgIpc) is 2.14. The molecule has 1 aromatic rings. The summed E-state index contributed by atoms with van der Waals surface area (Å²) in [5, 5.41) is 11.9. The van der Waals surface area contributed by atoms with Gasteiger partial charge in [-0.15, -0.1) is 0 Å². The van der Waals surface area contributed by atoms with Gasteiger partial charge in [0.05, 0.1) is 11.6 Å². The summed E-state index contributed by atoms with van der Waals surface area (Å²) in [6, 6.07) is 6.53. The molecule has 0 saturated heterocycles. The highest BCUT2D eigenvalue weighted by atomic mass is 19.1. The minimum Gasteiger partial charge on any atom is -0.382 e. The fourth-order valence-electron chi connectivity index (χ4n) is 1.79. The number of rotatable bonds is 4. The molecule has 0 aromatic heterocycles. The molecule has 1 aromatic carbocycles. The zero-order valence-electron chi connectivity index (χ0n) is 9.92. The van der Waals surface area contributed by atoms with Crippen molar-refractivity contribution in [1.82, 2.24) is 0 Å². The second-order valence-corrected chi connectivity index (χ2v) is 4.52. The molecule has 2 nitrogen and oxygen atoms in total. The highest BCUT2D eigenvalue weighted by Crippen LogP contribution is 2.16. The molecule has 0 saturated carbocycles. The Labute approximate surface area is 96.1 Å². The highest BCUT2D eigenvalue weighted by molar-refractivity contribution is 5.50.